The molecule has 17 heavy (non-hydrogen) atoms. The molecule has 2 rings (SSSR count). The van der Waals surface area contributed by atoms with Crippen LogP contribution in [0, 0.1) is 0 Å². The van der Waals surface area contributed by atoms with Crippen molar-refractivity contribution in [3.63, 3.8) is 0 Å². The van der Waals surface area contributed by atoms with E-state index in [0.717, 1.165) is 39.1 Å². The number of nitrogens with zero attached hydrogens (tertiary/aromatic N) is 3. The van der Waals surface area contributed by atoms with Crippen molar-refractivity contribution in [3.05, 3.63) is 5.89 Å². The highest BCUT2D eigenvalue weighted by Gasteiger charge is 2.18. The second-order valence-electron chi connectivity index (χ2n) is 4.40. The molecule has 0 spiro atoms. The van der Waals surface area contributed by atoms with Crippen molar-refractivity contribution < 1.29 is 9.26 Å². The van der Waals surface area contributed by atoms with Gasteiger partial charge in [0.05, 0.1) is 12.7 Å². The van der Waals surface area contributed by atoms with Crippen LogP contribution in [0.15, 0.2) is 4.52 Å². The number of aromatic nitrogens is 2. The van der Waals surface area contributed by atoms with Crippen LogP contribution in [0.4, 0.5) is 5.95 Å². The zero-order valence-corrected chi connectivity index (χ0v) is 10.5. The van der Waals surface area contributed by atoms with Crippen LogP contribution in [-0.4, -0.2) is 54.4 Å². The highest BCUT2D eigenvalue weighted by Crippen LogP contribution is 2.07. The molecule has 6 heteroatoms. The summed E-state index contributed by atoms with van der Waals surface area (Å²) in [5, 5.41) is 7.02. The van der Waals surface area contributed by atoms with Gasteiger partial charge < -0.3 is 19.5 Å². The Labute approximate surface area is 101 Å². The van der Waals surface area contributed by atoms with Crippen LogP contribution in [-0.2, 0) is 11.2 Å². The summed E-state index contributed by atoms with van der Waals surface area (Å²) in [7, 11) is 2.10. The predicted molar refractivity (Wildman–Crippen MR) is 64.0 cm³/mol. The van der Waals surface area contributed by atoms with Crippen LogP contribution in [0.5, 0.6) is 0 Å². The summed E-state index contributed by atoms with van der Waals surface area (Å²) in [6.07, 6.45) is 2.04. The second kappa shape index (κ2) is 5.97. The van der Waals surface area contributed by atoms with Crippen LogP contribution in [0.2, 0.25) is 0 Å². The molecule has 1 aliphatic rings. The van der Waals surface area contributed by atoms with Gasteiger partial charge in [0, 0.05) is 26.1 Å². The van der Waals surface area contributed by atoms with Crippen molar-refractivity contribution in [1.82, 2.24) is 15.0 Å². The monoisotopic (exact) mass is 240 g/mol. The topological polar surface area (TPSA) is 63.4 Å². The number of hydrogen-bond donors (Lipinski definition) is 1. The number of nitrogens with one attached hydrogen (secondary N) is 1. The minimum atomic E-state index is 0.196. The van der Waals surface area contributed by atoms with E-state index in [-0.39, 0.29) is 6.10 Å². The van der Waals surface area contributed by atoms with Crippen LogP contribution >= 0.6 is 0 Å². The van der Waals surface area contributed by atoms with Crippen LogP contribution in [0.1, 0.15) is 19.2 Å². The first-order valence-electron chi connectivity index (χ1n) is 6.14. The minimum Gasteiger partial charge on any atom is -0.374 e. The van der Waals surface area contributed by atoms with Gasteiger partial charge in [0.1, 0.15) is 0 Å². The molecule has 0 unspecified atom stereocenters. The molecule has 96 valence electrons. The fourth-order valence-corrected chi connectivity index (χ4v) is 1.84. The van der Waals surface area contributed by atoms with Gasteiger partial charge in [0.2, 0.25) is 5.89 Å². The van der Waals surface area contributed by atoms with Crippen molar-refractivity contribution in [1.29, 1.82) is 0 Å². The Morgan fingerprint density at radius 1 is 1.53 bits per heavy atom. The molecule has 1 fully saturated rings. The normalized spacial score (nSPS) is 21.6. The average Bonchev–Trinajstić information content (AvgIpc) is 2.75. The summed E-state index contributed by atoms with van der Waals surface area (Å²) in [4.78, 5) is 6.50. The molecule has 0 radical (unpaired) electrons. The molecule has 1 aromatic rings. The number of ether oxygens (including phenoxy) is 1. The molecule has 0 aromatic carbocycles. The Kier molecular flexibility index (Phi) is 4.33. The molecule has 0 amide bonds. The maximum absolute atomic E-state index is 5.63. The van der Waals surface area contributed by atoms with Gasteiger partial charge in [0.15, 0.2) is 0 Å². The third kappa shape index (κ3) is 3.67. The lowest BCUT2D eigenvalue weighted by atomic mass is 10.3. The maximum atomic E-state index is 5.63. The van der Waals surface area contributed by atoms with Gasteiger partial charge in [0.25, 0.3) is 5.95 Å². The van der Waals surface area contributed by atoms with Gasteiger partial charge in [-0.2, -0.15) is 4.98 Å². The number of anilines is 1. The highest BCUT2D eigenvalue weighted by atomic mass is 16.5. The average molecular weight is 240 g/mol. The van der Waals surface area contributed by atoms with E-state index < -0.39 is 0 Å². The lowest BCUT2D eigenvalue weighted by Crippen LogP contribution is -2.43. The Morgan fingerprint density at radius 2 is 2.41 bits per heavy atom. The van der Waals surface area contributed by atoms with Gasteiger partial charge in [-0.1, -0.05) is 6.92 Å². The Morgan fingerprint density at radius 3 is 3.18 bits per heavy atom. The third-order valence-corrected chi connectivity index (χ3v) is 2.76. The standard InChI is InChI=1S/C11H20N4O2/c1-3-4-10-13-11(14-17-10)12-7-9-8-15(2)5-6-16-9/h9H,3-8H2,1-2H3,(H,12,14)/t9-/m1/s1. The highest BCUT2D eigenvalue weighted by molar-refractivity contribution is 5.21. The second-order valence-corrected chi connectivity index (χ2v) is 4.40. The maximum Gasteiger partial charge on any atom is 0.263 e. The minimum absolute atomic E-state index is 0.196. The lowest BCUT2D eigenvalue weighted by Gasteiger charge is -2.29. The molecule has 1 N–H and O–H groups in total. The van der Waals surface area contributed by atoms with Crippen molar-refractivity contribution >= 4 is 5.95 Å². The number of morpholine rings is 1. The molecule has 1 aromatic heterocycles. The SMILES string of the molecule is CCCc1nc(NC[C@@H]2CN(C)CCO2)no1. The van der Waals surface area contributed by atoms with E-state index in [0.29, 0.717) is 11.8 Å². The van der Waals surface area contributed by atoms with Gasteiger partial charge in [-0.25, -0.2) is 0 Å². The molecular weight excluding hydrogens is 220 g/mol. The van der Waals surface area contributed by atoms with E-state index in [1.807, 2.05) is 0 Å². The van der Waals surface area contributed by atoms with Crippen LogP contribution in [0.25, 0.3) is 0 Å². The van der Waals surface area contributed by atoms with E-state index >= 15 is 0 Å². The molecule has 0 saturated carbocycles. The third-order valence-electron chi connectivity index (χ3n) is 2.76. The first kappa shape index (κ1) is 12.3. The molecular formula is C11H20N4O2. The largest absolute Gasteiger partial charge is 0.374 e. The van der Waals surface area contributed by atoms with E-state index in [1.165, 1.54) is 0 Å². The summed E-state index contributed by atoms with van der Waals surface area (Å²) < 4.78 is 10.7. The number of rotatable bonds is 5. The lowest BCUT2D eigenvalue weighted by molar-refractivity contribution is -0.0118. The number of aryl methyl sites for hydroxylation is 1. The summed E-state index contributed by atoms with van der Waals surface area (Å²) in [6.45, 7) is 5.53. The van der Waals surface area contributed by atoms with Gasteiger partial charge in [-0.3, -0.25) is 0 Å². The van der Waals surface area contributed by atoms with Gasteiger partial charge in [-0.15, -0.1) is 0 Å². The van der Waals surface area contributed by atoms with Gasteiger partial charge in [-0.05, 0) is 18.6 Å². The molecule has 1 atom stereocenters. The van der Waals surface area contributed by atoms with E-state index in [1.54, 1.807) is 0 Å². The van der Waals surface area contributed by atoms with Crippen molar-refractivity contribution in [3.8, 4) is 0 Å². The van der Waals surface area contributed by atoms with Crippen molar-refractivity contribution in [2.45, 2.75) is 25.9 Å². The first-order valence-corrected chi connectivity index (χ1v) is 6.14. The van der Waals surface area contributed by atoms with E-state index in [9.17, 15) is 0 Å². The molecule has 0 bridgehead atoms. The zero-order chi connectivity index (χ0) is 12.1. The Bertz CT molecular complexity index is 342. The first-order chi connectivity index (χ1) is 8.28. The summed E-state index contributed by atoms with van der Waals surface area (Å²) in [5.74, 6) is 1.25. The Hall–Kier alpha value is -1.14. The molecule has 0 aliphatic carbocycles. The molecule has 2 heterocycles. The summed E-state index contributed by atoms with van der Waals surface area (Å²) in [5.41, 5.74) is 0. The zero-order valence-electron chi connectivity index (χ0n) is 10.5. The van der Waals surface area contributed by atoms with E-state index in [2.05, 4.69) is 34.3 Å². The molecule has 6 nitrogen and oxygen atoms in total. The number of hydrogen-bond acceptors (Lipinski definition) is 6. The van der Waals surface area contributed by atoms with Crippen molar-refractivity contribution in [2.24, 2.45) is 0 Å². The van der Waals surface area contributed by atoms with Gasteiger partial charge >= 0.3 is 0 Å². The summed E-state index contributed by atoms with van der Waals surface area (Å²) >= 11 is 0. The fourth-order valence-electron chi connectivity index (χ4n) is 1.84. The predicted octanol–water partition coefficient (Wildman–Crippen LogP) is 0.765. The smallest absolute Gasteiger partial charge is 0.263 e. The van der Waals surface area contributed by atoms with Crippen molar-refractivity contribution in [2.75, 3.05) is 38.6 Å². The molecule has 1 saturated heterocycles. The van der Waals surface area contributed by atoms with E-state index in [4.69, 9.17) is 9.26 Å². The Balaban J connectivity index is 1.76. The van der Waals surface area contributed by atoms with Crippen LogP contribution < -0.4 is 5.32 Å². The fraction of sp³-hybridized carbons (Fsp3) is 0.818. The number of likely N-dealkylation sites (N-methyl/N-ethyl adjacent to an activating group) is 1. The molecule has 1 aliphatic heterocycles. The quantitative estimate of drug-likeness (QED) is 0.820. The summed E-state index contributed by atoms with van der Waals surface area (Å²) in [6, 6.07) is 0. The van der Waals surface area contributed by atoms with Crippen LogP contribution in [0.3, 0.4) is 0 Å².